The first-order valence-electron chi connectivity index (χ1n) is 5.54. The number of aliphatic carboxylic acids is 1. The second-order valence-corrected chi connectivity index (χ2v) is 4.98. The Kier molecular flexibility index (Phi) is 5.22. The molecule has 5 heteroatoms. The van der Waals surface area contributed by atoms with Crippen molar-refractivity contribution in [3.8, 4) is 0 Å². The molecule has 18 heavy (non-hydrogen) atoms. The summed E-state index contributed by atoms with van der Waals surface area (Å²) in [6, 6.07) is 4.42. The zero-order chi connectivity index (χ0) is 13.7. The van der Waals surface area contributed by atoms with Crippen molar-refractivity contribution in [1.29, 1.82) is 0 Å². The molecule has 0 radical (unpaired) electrons. The second-order valence-electron chi connectivity index (χ2n) is 4.12. The van der Waals surface area contributed by atoms with Crippen LogP contribution >= 0.6 is 11.8 Å². The van der Waals surface area contributed by atoms with E-state index in [0.717, 1.165) is 11.1 Å². The fraction of sp³-hybridized carbons (Fsp3) is 0.385. The number of carbonyl (C=O) groups excluding carboxylic acids is 1. The van der Waals surface area contributed by atoms with E-state index in [4.69, 9.17) is 0 Å². The van der Waals surface area contributed by atoms with Crippen LogP contribution in [0.1, 0.15) is 22.7 Å². The van der Waals surface area contributed by atoms with Crippen LogP contribution in [-0.2, 0) is 9.59 Å². The molecule has 0 fully saturated rings. The molecule has 1 aromatic rings. The predicted octanol–water partition coefficient (Wildman–Crippen LogP) is 1.91. The number of nitrogens with one attached hydrogen (secondary N) is 1. The zero-order valence-electron chi connectivity index (χ0n) is 10.7. The van der Waals surface area contributed by atoms with Gasteiger partial charge in [0.2, 0.25) is 5.91 Å². The van der Waals surface area contributed by atoms with Crippen LogP contribution in [0.3, 0.4) is 0 Å². The van der Waals surface area contributed by atoms with Crippen LogP contribution < -0.4 is 5.32 Å². The highest BCUT2D eigenvalue weighted by atomic mass is 32.2. The van der Waals surface area contributed by atoms with Gasteiger partial charge in [-0.15, -0.1) is 0 Å². The van der Waals surface area contributed by atoms with Crippen LogP contribution in [0.5, 0.6) is 0 Å². The summed E-state index contributed by atoms with van der Waals surface area (Å²) in [6.07, 6.45) is 1.80. The number of hydrogen-bond acceptors (Lipinski definition) is 3. The monoisotopic (exact) mass is 267 g/mol. The summed E-state index contributed by atoms with van der Waals surface area (Å²) < 4.78 is 0. The topological polar surface area (TPSA) is 66.4 Å². The quantitative estimate of drug-likeness (QED) is 0.855. The van der Waals surface area contributed by atoms with Crippen LogP contribution in [0.4, 0.5) is 0 Å². The maximum absolute atomic E-state index is 11.5. The number of aryl methyl sites for hydroxylation is 2. The number of thioether (sulfide) groups is 1. The van der Waals surface area contributed by atoms with E-state index in [2.05, 4.69) is 5.32 Å². The number of carboxylic acid groups (broad SMARTS) is 1. The first-order valence-corrected chi connectivity index (χ1v) is 6.93. The third-order valence-electron chi connectivity index (χ3n) is 2.69. The van der Waals surface area contributed by atoms with Gasteiger partial charge < -0.3 is 10.4 Å². The Bertz CT molecular complexity index is 460. The van der Waals surface area contributed by atoms with Crippen LogP contribution in [-0.4, -0.2) is 29.0 Å². The minimum atomic E-state index is -1.05. The Morgan fingerprint density at radius 2 is 2.00 bits per heavy atom. The molecule has 0 saturated carbocycles. The average Bonchev–Trinajstić information content (AvgIpc) is 2.30. The van der Waals surface area contributed by atoms with Gasteiger partial charge in [0.25, 0.3) is 0 Å². The molecule has 4 nitrogen and oxygen atoms in total. The van der Waals surface area contributed by atoms with Crippen molar-refractivity contribution in [3.63, 3.8) is 0 Å². The summed E-state index contributed by atoms with van der Waals surface area (Å²) in [7, 11) is 0. The molecule has 0 heterocycles. The SMILES string of the molecule is CSCC(=O)NC(C(=O)O)c1ccc(C)c(C)c1. The van der Waals surface area contributed by atoms with Crippen LogP contribution in [0.2, 0.25) is 0 Å². The van der Waals surface area contributed by atoms with E-state index in [9.17, 15) is 14.7 Å². The Morgan fingerprint density at radius 1 is 1.33 bits per heavy atom. The minimum Gasteiger partial charge on any atom is -0.479 e. The highest BCUT2D eigenvalue weighted by molar-refractivity contribution is 7.99. The number of hydrogen-bond donors (Lipinski definition) is 2. The molecule has 1 aromatic carbocycles. The van der Waals surface area contributed by atoms with E-state index < -0.39 is 12.0 Å². The predicted molar refractivity (Wildman–Crippen MR) is 72.8 cm³/mol. The van der Waals surface area contributed by atoms with Crippen molar-refractivity contribution in [2.75, 3.05) is 12.0 Å². The van der Waals surface area contributed by atoms with Crippen molar-refractivity contribution in [2.24, 2.45) is 0 Å². The molecular formula is C13H17NO3S. The molecular weight excluding hydrogens is 250 g/mol. The minimum absolute atomic E-state index is 0.259. The Hall–Kier alpha value is -1.49. The summed E-state index contributed by atoms with van der Waals surface area (Å²) in [6.45, 7) is 3.88. The largest absolute Gasteiger partial charge is 0.479 e. The molecule has 1 amide bonds. The third kappa shape index (κ3) is 3.77. The molecule has 2 N–H and O–H groups in total. The zero-order valence-corrected chi connectivity index (χ0v) is 11.5. The molecule has 1 rings (SSSR count). The van der Waals surface area contributed by atoms with Crippen molar-refractivity contribution in [2.45, 2.75) is 19.9 Å². The maximum atomic E-state index is 11.5. The molecule has 1 atom stereocenters. The van der Waals surface area contributed by atoms with Crippen molar-refractivity contribution in [3.05, 3.63) is 34.9 Å². The summed E-state index contributed by atoms with van der Waals surface area (Å²) in [4.78, 5) is 22.7. The normalized spacial score (nSPS) is 11.9. The number of rotatable bonds is 5. The molecule has 0 aromatic heterocycles. The number of amides is 1. The van der Waals surface area contributed by atoms with E-state index in [0.29, 0.717) is 5.56 Å². The van der Waals surface area contributed by atoms with Crippen LogP contribution in [0.15, 0.2) is 18.2 Å². The van der Waals surface area contributed by atoms with Crippen LogP contribution in [0, 0.1) is 13.8 Å². The standard InChI is InChI=1S/C13H17NO3S/c1-8-4-5-10(6-9(8)2)12(13(16)17)14-11(15)7-18-3/h4-6,12H,7H2,1-3H3,(H,14,15)(H,16,17). The number of carboxylic acids is 1. The van der Waals surface area contributed by atoms with Gasteiger partial charge in [0, 0.05) is 0 Å². The molecule has 0 saturated heterocycles. The average molecular weight is 267 g/mol. The van der Waals surface area contributed by atoms with E-state index in [-0.39, 0.29) is 11.7 Å². The molecule has 98 valence electrons. The summed E-state index contributed by atoms with van der Waals surface area (Å²) in [5.41, 5.74) is 2.70. The van der Waals surface area contributed by atoms with Gasteiger partial charge in [-0.1, -0.05) is 18.2 Å². The number of carbonyl (C=O) groups is 2. The van der Waals surface area contributed by atoms with Gasteiger partial charge in [0.05, 0.1) is 5.75 Å². The molecule has 0 aliphatic rings. The van der Waals surface area contributed by atoms with Crippen molar-refractivity contribution in [1.82, 2.24) is 5.32 Å². The Morgan fingerprint density at radius 3 is 2.50 bits per heavy atom. The lowest BCUT2D eigenvalue weighted by atomic mass is 10.0. The summed E-state index contributed by atoms with van der Waals surface area (Å²) >= 11 is 1.36. The van der Waals surface area contributed by atoms with Crippen molar-refractivity contribution < 1.29 is 14.7 Å². The van der Waals surface area contributed by atoms with Gasteiger partial charge in [0.15, 0.2) is 6.04 Å². The van der Waals surface area contributed by atoms with E-state index in [1.807, 2.05) is 19.9 Å². The van der Waals surface area contributed by atoms with Gasteiger partial charge in [-0.05, 0) is 36.8 Å². The second kappa shape index (κ2) is 6.44. The highest BCUT2D eigenvalue weighted by Gasteiger charge is 2.21. The van der Waals surface area contributed by atoms with E-state index in [1.165, 1.54) is 11.8 Å². The van der Waals surface area contributed by atoms with Gasteiger partial charge >= 0.3 is 5.97 Å². The fourth-order valence-electron chi connectivity index (χ4n) is 1.57. The van der Waals surface area contributed by atoms with Gasteiger partial charge in [-0.2, -0.15) is 11.8 Å². The van der Waals surface area contributed by atoms with E-state index >= 15 is 0 Å². The molecule has 0 aliphatic carbocycles. The first-order chi connectivity index (χ1) is 8.45. The molecule has 0 spiro atoms. The molecule has 1 unspecified atom stereocenters. The highest BCUT2D eigenvalue weighted by Crippen LogP contribution is 2.17. The Balaban J connectivity index is 2.94. The lowest BCUT2D eigenvalue weighted by Gasteiger charge is -2.15. The van der Waals surface area contributed by atoms with Gasteiger partial charge in [-0.3, -0.25) is 4.79 Å². The third-order valence-corrected chi connectivity index (χ3v) is 3.24. The fourth-order valence-corrected chi connectivity index (χ4v) is 1.91. The molecule has 0 bridgehead atoms. The molecule has 0 aliphatic heterocycles. The Labute approximate surface area is 111 Å². The number of benzene rings is 1. The maximum Gasteiger partial charge on any atom is 0.330 e. The van der Waals surface area contributed by atoms with Crippen LogP contribution in [0.25, 0.3) is 0 Å². The summed E-state index contributed by atoms with van der Waals surface area (Å²) in [5.74, 6) is -1.06. The van der Waals surface area contributed by atoms with E-state index in [1.54, 1.807) is 18.4 Å². The first kappa shape index (κ1) is 14.6. The smallest absolute Gasteiger partial charge is 0.330 e. The lowest BCUT2D eigenvalue weighted by molar-refractivity contribution is -0.141. The van der Waals surface area contributed by atoms with Gasteiger partial charge in [-0.25, -0.2) is 4.79 Å². The van der Waals surface area contributed by atoms with Gasteiger partial charge in [0.1, 0.15) is 0 Å². The summed E-state index contributed by atoms with van der Waals surface area (Å²) in [5, 5.41) is 11.7. The lowest BCUT2D eigenvalue weighted by Crippen LogP contribution is -2.34. The van der Waals surface area contributed by atoms with Crippen molar-refractivity contribution >= 4 is 23.6 Å².